The molecule has 0 heterocycles. The van der Waals surface area contributed by atoms with E-state index in [2.05, 4.69) is 36.5 Å². The van der Waals surface area contributed by atoms with Crippen molar-refractivity contribution < 1.29 is 9.90 Å². The van der Waals surface area contributed by atoms with E-state index in [1.807, 2.05) is 6.07 Å². The molecule has 1 fully saturated rings. The van der Waals surface area contributed by atoms with Gasteiger partial charge in [0.1, 0.15) is 0 Å². The summed E-state index contributed by atoms with van der Waals surface area (Å²) in [6, 6.07) is 11.4. The van der Waals surface area contributed by atoms with Crippen LogP contribution in [-0.2, 0) is 11.2 Å². The van der Waals surface area contributed by atoms with E-state index in [0.29, 0.717) is 12.1 Å². The molecule has 1 aliphatic rings. The van der Waals surface area contributed by atoms with Gasteiger partial charge < -0.3 is 10.4 Å². The Morgan fingerprint density at radius 1 is 1.26 bits per heavy atom. The minimum Gasteiger partial charge on any atom is -0.481 e. The second-order valence-corrected chi connectivity index (χ2v) is 5.64. The highest BCUT2D eigenvalue weighted by molar-refractivity contribution is 5.70. The molecule has 2 rings (SSSR count). The van der Waals surface area contributed by atoms with Gasteiger partial charge in [0.2, 0.25) is 0 Å². The van der Waals surface area contributed by atoms with Crippen molar-refractivity contribution in [1.82, 2.24) is 5.32 Å². The maximum atomic E-state index is 10.9. The van der Waals surface area contributed by atoms with Gasteiger partial charge in [-0.25, -0.2) is 0 Å². The van der Waals surface area contributed by atoms with Crippen molar-refractivity contribution in [2.75, 3.05) is 0 Å². The first-order valence-electron chi connectivity index (χ1n) is 7.18. The van der Waals surface area contributed by atoms with Gasteiger partial charge in [0, 0.05) is 12.1 Å². The Kier molecular flexibility index (Phi) is 4.97. The predicted octanol–water partition coefficient (Wildman–Crippen LogP) is 2.85. The minimum atomic E-state index is -0.629. The molecule has 0 saturated heterocycles. The summed E-state index contributed by atoms with van der Waals surface area (Å²) in [6.45, 7) is 2.20. The molecule has 1 unspecified atom stereocenters. The van der Waals surface area contributed by atoms with Crippen LogP contribution in [0.1, 0.15) is 38.2 Å². The van der Waals surface area contributed by atoms with Gasteiger partial charge >= 0.3 is 5.97 Å². The van der Waals surface area contributed by atoms with Crippen LogP contribution >= 0.6 is 0 Å². The Morgan fingerprint density at radius 3 is 2.47 bits per heavy atom. The van der Waals surface area contributed by atoms with Crippen molar-refractivity contribution in [2.45, 2.75) is 51.1 Å². The average Bonchev–Trinajstić information content (AvgIpc) is 2.40. The molecule has 1 atom stereocenters. The fourth-order valence-corrected chi connectivity index (χ4v) is 2.94. The van der Waals surface area contributed by atoms with E-state index in [-0.39, 0.29) is 5.92 Å². The monoisotopic (exact) mass is 261 g/mol. The normalized spacial score (nSPS) is 24.9. The molecule has 2 N–H and O–H groups in total. The number of rotatable bonds is 5. The molecule has 1 aliphatic carbocycles. The van der Waals surface area contributed by atoms with Gasteiger partial charge in [-0.05, 0) is 44.6 Å². The fraction of sp³-hybridized carbons (Fsp3) is 0.562. The molecule has 0 aliphatic heterocycles. The zero-order valence-corrected chi connectivity index (χ0v) is 11.5. The van der Waals surface area contributed by atoms with Crippen molar-refractivity contribution in [3.05, 3.63) is 35.9 Å². The van der Waals surface area contributed by atoms with Crippen molar-refractivity contribution in [1.29, 1.82) is 0 Å². The van der Waals surface area contributed by atoms with Crippen LogP contribution in [-0.4, -0.2) is 23.2 Å². The van der Waals surface area contributed by atoms with Crippen molar-refractivity contribution in [3.63, 3.8) is 0 Å². The fourth-order valence-electron chi connectivity index (χ4n) is 2.94. The molecule has 19 heavy (non-hydrogen) atoms. The third kappa shape index (κ3) is 4.35. The van der Waals surface area contributed by atoms with Gasteiger partial charge in [0.05, 0.1) is 5.92 Å². The van der Waals surface area contributed by atoms with Crippen molar-refractivity contribution in [3.8, 4) is 0 Å². The number of benzene rings is 1. The van der Waals surface area contributed by atoms with Crippen LogP contribution in [0.4, 0.5) is 0 Å². The number of hydrogen-bond acceptors (Lipinski definition) is 2. The maximum absolute atomic E-state index is 10.9. The molecule has 1 aromatic rings. The summed E-state index contributed by atoms with van der Waals surface area (Å²) in [5.74, 6) is -0.752. The van der Waals surface area contributed by atoms with Crippen LogP contribution in [0.2, 0.25) is 0 Å². The highest BCUT2D eigenvalue weighted by Gasteiger charge is 2.26. The molecular weight excluding hydrogens is 238 g/mol. The summed E-state index contributed by atoms with van der Waals surface area (Å²) in [5, 5.41) is 12.6. The Labute approximate surface area is 115 Å². The standard InChI is InChI=1S/C16H23NO2/c1-12(11-13-5-3-2-4-6-13)17-15-9-7-14(8-10-15)16(18)19/h2-6,12,14-15,17H,7-11H2,1H3,(H,18,19). The topological polar surface area (TPSA) is 49.3 Å². The molecule has 0 spiro atoms. The van der Waals surface area contributed by atoms with Crippen molar-refractivity contribution >= 4 is 5.97 Å². The van der Waals surface area contributed by atoms with Crippen LogP contribution < -0.4 is 5.32 Å². The van der Waals surface area contributed by atoms with Gasteiger partial charge in [-0.1, -0.05) is 30.3 Å². The number of aliphatic carboxylic acids is 1. The van der Waals surface area contributed by atoms with E-state index in [1.165, 1.54) is 5.56 Å². The number of carboxylic acid groups (broad SMARTS) is 1. The van der Waals surface area contributed by atoms with Gasteiger partial charge in [0.15, 0.2) is 0 Å². The first-order valence-corrected chi connectivity index (χ1v) is 7.18. The van der Waals surface area contributed by atoms with E-state index in [4.69, 9.17) is 5.11 Å². The summed E-state index contributed by atoms with van der Waals surface area (Å²) < 4.78 is 0. The second-order valence-electron chi connectivity index (χ2n) is 5.64. The quantitative estimate of drug-likeness (QED) is 0.857. The molecule has 0 radical (unpaired) electrons. The number of nitrogens with one attached hydrogen (secondary N) is 1. The second kappa shape index (κ2) is 6.71. The lowest BCUT2D eigenvalue weighted by Gasteiger charge is -2.29. The third-order valence-corrected chi connectivity index (χ3v) is 3.98. The van der Waals surface area contributed by atoms with E-state index in [0.717, 1.165) is 32.1 Å². The third-order valence-electron chi connectivity index (χ3n) is 3.98. The van der Waals surface area contributed by atoms with E-state index in [9.17, 15) is 4.79 Å². The summed E-state index contributed by atoms with van der Waals surface area (Å²) in [5.41, 5.74) is 1.35. The Hall–Kier alpha value is -1.35. The Morgan fingerprint density at radius 2 is 1.89 bits per heavy atom. The maximum Gasteiger partial charge on any atom is 0.306 e. The average molecular weight is 261 g/mol. The van der Waals surface area contributed by atoms with Crippen LogP contribution in [0.3, 0.4) is 0 Å². The molecule has 1 saturated carbocycles. The minimum absolute atomic E-state index is 0.123. The molecule has 0 bridgehead atoms. The highest BCUT2D eigenvalue weighted by Crippen LogP contribution is 2.24. The summed E-state index contributed by atoms with van der Waals surface area (Å²) in [6.07, 6.45) is 4.61. The molecule has 3 heteroatoms. The lowest BCUT2D eigenvalue weighted by atomic mass is 9.85. The lowest BCUT2D eigenvalue weighted by Crippen LogP contribution is -2.40. The summed E-state index contributed by atoms with van der Waals surface area (Å²) in [7, 11) is 0. The molecule has 0 aromatic heterocycles. The van der Waals surface area contributed by atoms with E-state index < -0.39 is 5.97 Å². The zero-order valence-electron chi connectivity index (χ0n) is 11.5. The van der Waals surface area contributed by atoms with Gasteiger partial charge in [-0.2, -0.15) is 0 Å². The van der Waals surface area contributed by atoms with Crippen LogP contribution in [0.25, 0.3) is 0 Å². The van der Waals surface area contributed by atoms with Crippen LogP contribution in [0.15, 0.2) is 30.3 Å². The largest absolute Gasteiger partial charge is 0.481 e. The number of carboxylic acids is 1. The SMILES string of the molecule is CC(Cc1ccccc1)NC1CCC(C(=O)O)CC1. The Balaban J connectivity index is 1.75. The van der Waals surface area contributed by atoms with Gasteiger partial charge in [-0.15, -0.1) is 0 Å². The smallest absolute Gasteiger partial charge is 0.306 e. The molecule has 1 aromatic carbocycles. The van der Waals surface area contributed by atoms with Crippen LogP contribution in [0.5, 0.6) is 0 Å². The highest BCUT2D eigenvalue weighted by atomic mass is 16.4. The molecule has 3 nitrogen and oxygen atoms in total. The Bertz CT molecular complexity index is 396. The lowest BCUT2D eigenvalue weighted by molar-refractivity contribution is -0.142. The van der Waals surface area contributed by atoms with E-state index in [1.54, 1.807) is 0 Å². The first kappa shape index (κ1) is 14.1. The van der Waals surface area contributed by atoms with Crippen LogP contribution in [0, 0.1) is 5.92 Å². The first-order chi connectivity index (χ1) is 9.15. The zero-order chi connectivity index (χ0) is 13.7. The molecule has 0 amide bonds. The molecular formula is C16H23NO2. The van der Waals surface area contributed by atoms with Crippen molar-refractivity contribution in [2.24, 2.45) is 5.92 Å². The number of carbonyl (C=O) groups is 1. The van der Waals surface area contributed by atoms with E-state index >= 15 is 0 Å². The predicted molar refractivity (Wildman–Crippen MR) is 76.1 cm³/mol. The summed E-state index contributed by atoms with van der Waals surface area (Å²) >= 11 is 0. The molecule has 104 valence electrons. The van der Waals surface area contributed by atoms with Gasteiger partial charge in [0.25, 0.3) is 0 Å². The number of hydrogen-bond donors (Lipinski definition) is 2. The van der Waals surface area contributed by atoms with Gasteiger partial charge in [-0.3, -0.25) is 4.79 Å². The summed E-state index contributed by atoms with van der Waals surface area (Å²) in [4.78, 5) is 10.9.